The van der Waals surface area contributed by atoms with Gasteiger partial charge in [0.2, 0.25) is 0 Å². The van der Waals surface area contributed by atoms with Crippen LogP contribution in [0.25, 0.3) is 0 Å². The van der Waals surface area contributed by atoms with Gasteiger partial charge in [-0.25, -0.2) is 8.78 Å². The number of rotatable bonds is 7. The van der Waals surface area contributed by atoms with E-state index >= 15 is 0 Å². The van der Waals surface area contributed by atoms with Crippen LogP contribution in [-0.2, 0) is 9.53 Å². The average Bonchev–Trinajstić information content (AvgIpc) is 2.63. The fourth-order valence-corrected chi connectivity index (χ4v) is 3.28. The summed E-state index contributed by atoms with van der Waals surface area (Å²) in [5.74, 6) is -2.39. The van der Waals surface area contributed by atoms with Gasteiger partial charge >= 0.3 is 5.97 Å². The summed E-state index contributed by atoms with van der Waals surface area (Å²) in [5, 5.41) is 1.93. The van der Waals surface area contributed by atoms with Gasteiger partial charge in [-0.1, -0.05) is 24.6 Å². The van der Waals surface area contributed by atoms with E-state index in [1.165, 1.54) is 24.3 Å². The number of benzene rings is 2. The van der Waals surface area contributed by atoms with Crippen LogP contribution in [0.1, 0.15) is 30.6 Å². The monoisotopic (exact) mass is 413 g/mol. The summed E-state index contributed by atoms with van der Waals surface area (Å²) in [4.78, 5) is 24.5. The molecule has 1 atom stereocenters. The third-order valence-corrected chi connectivity index (χ3v) is 5.00. The highest BCUT2D eigenvalue weighted by Crippen LogP contribution is 2.35. The van der Waals surface area contributed by atoms with Gasteiger partial charge < -0.3 is 10.1 Å². The molecular weight excluding hydrogens is 396 g/mol. The third-order valence-electron chi connectivity index (χ3n) is 3.44. The van der Waals surface area contributed by atoms with E-state index in [0.717, 1.165) is 23.9 Å². The summed E-state index contributed by atoms with van der Waals surface area (Å²) in [6, 6.07) is 7.43. The van der Waals surface area contributed by atoms with Crippen molar-refractivity contribution in [2.24, 2.45) is 0 Å². The van der Waals surface area contributed by atoms with Crippen molar-refractivity contribution < 1.29 is 23.1 Å². The molecule has 1 amide bonds. The summed E-state index contributed by atoms with van der Waals surface area (Å²) in [5.41, 5.74) is -0.0691. The number of thioether (sulfide) groups is 1. The summed E-state index contributed by atoms with van der Waals surface area (Å²) < 4.78 is 32.5. The molecule has 0 aliphatic rings. The zero-order chi connectivity index (χ0) is 20.0. The molecule has 4 nitrogen and oxygen atoms in total. The van der Waals surface area contributed by atoms with E-state index in [-0.39, 0.29) is 16.3 Å². The van der Waals surface area contributed by atoms with Crippen LogP contribution < -0.4 is 5.32 Å². The van der Waals surface area contributed by atoms with E-state index in [1.807, 2.05) is 6.92 Å². The van der Waals surface area contributed by atoms with Crippen molar-refractivity contribution in [3.05, 3.63) is 58.6 Å². The minimum absolute atomic E-state index is 0.0510. The van der Waals surface area contributed by atoms with Crippen LogP contribution in [0.3, 0.4) is 0 Å². The standard InChI is InChI=1S/C19H18ClF2NO3S/c1-3-7-26-19(25)11(2)27-17-10-16(15(22)9-14(17)20)23-18(24)12-5-4-6-13(21)8-12/h4-6,8-11H,3,7H2,1-2H3,(H,23,24). The largest absolute Gasteiger partial charge is 0.465 e. The Hall–Kier alpha value is -2.12. The fourth-order valence-electron chi connectivity index (χ4n) is 2.10. The maximum absolute atomic E-state index is 14.2. The molecule has 144 valence electrons. The van der Waals surface area contributed by atoms with Crippen molar-refractivity contribution in [1.82, 2.24) is 0 Å². The molecule has 0 saturated carbocycles. The van der Waals surface area contributed by atoms with E-state index in [4.69, 9.17) is 16.3 Å². The van der Waals surface area contributed by atoms with Gasteiger partial charge in [0, 0.05) is 10.5 Å². The summed E-state index contributed by atoms with van der Waals surface area (Å²) >= 11 is 7.15. The first-order valence-electron chi connectivity index (χ1n) is 8.21. The van der Waals surface area contributed by atoms with E-state index in [2.05, 4.69) is 5.32 Å². The Balaban J connectivity index is 2.17. The molecular formula is C19H18ClF2NO3S. The molecule has 0 heterocycles. The number of hydrogen-bond donors (Lipinski definition) is 1. The van der Waals surface area contributed by atoms with Crippen molar-refractivity contribution in [2.75, 3.05) is 11.9 Å². The number of nitrogens with one attached hydrogen (secondary N) is 1. The molecule has 0 saturated heterocycles. The normalized spacial score (nSPS) is 11.7. The molecule has 0 radical (unpaired) electrons. The van der Waals surface area contributed by atoms with Gasteiger partial charge in [-0.3, -0.25) is 9.59 Å². The van der Waals surface area contributed by atoms with E-state index in [1.54, 1.807) is 6.92 Å². The van der Waals surface area contributed by atoms with Crippen molar-refractivity contribution in [1.29, 1.82) is 0 Å². The zero-order valence-electron chi connectivity index (χ0n) is 14.7. The zero-order valence-corrected chi connectivity index (χ0v) is 16.3. The van der Waals surface area contributed by atoms with Crippen LogP contribution in [0.15, 0.2) is 41.3 Å². The number of carbonyl (C=O) groups excluding carboxylic acids is 2. The SMILES string of the molecule is CCCOC(=O)C(C)Sc1cc(NC(=O)c2cccc(F)c2)c(F)cc1Cl. The number of anilines is 1. The van der Waals surface area contributed by atoms with Gasteiger partial charge in [0.25, 0.3) is 5.91 Å². The Morgan fingerprint density at radius 2 is 2.00 bits per heavy atom. The second-order valence-electron chi connectivity index (χ2n) is 5.65. The Bertz CT molecular complexity index is 848. The first-order valence-corrected chi connectivity index (χ1v) is 9.46. The van der Waals surface area contributed by atoms with Crippen LogP contribution in [0.2, 0.25) is 5.02 Å². The van der Waals surface area contributed by atoms with Gasteiger partial charge in [0.1, 0.15) is 16.9 Å². The van der Waals surface area contributed by atoms with Crippen LogP contribution in [0.4, 0.5) is 14.5 Å². The highest BCUT2D eigenvalue weighted by molar-refractivity contribution is 8.00. The number of halogens is 3. The van der Waals surface area contributed by atoms with E-state index in [9.17, 15) is 18.4 Å². The summed E-state index contributed by atoms with van der Waals surface area (Å²) in [6.45, 7) is 3.85. The lowest BCUT2D eigenvalue weighted by Crippen LogP contribution is -2.17. The van der Waals surface area contributed by atoms with Crippen molar-refractivity contribution in [3.8, 4) is 0 Å². The smallest absolute Gasteiger partial charge is 0.319 e. The Morgan fingerprint density at radius 1 is 1.26 bits per heavy atom. The number of hydrogen-bond acceptors (Lipinski definition) is 4. The molecule has 0 aromatic heterocycles. The fraction of sp³-hybridized carbons (Fsp3) is 0.263. The van der Waals surface area contributed by atoms with Crippen LogP contribution in [-0.4, -0.2) is 23.7 Å². The van der Waals surface area contributed by atoms with Crippen LogP contribution >= 0.6 is 23.4 Å². The first kappa shape index (κ1) is 21.2. The third kappa shape index (κ3) is 5.94. The molecule has 0 spiro atoms. The van der Waals surface area contributed by atoms with Gasteiger partial charge in [0.05, 0.1) is 17.3 Å². The Morgan fingerprint density at radius 3 is 2.67 bits per heavy atom. The second-order valence-corrected chi connectivity index (χ2v) is 7.44. The Labute approximate surface area is 165 Å². The number of esters is 1. The molecule has 1 unspecified atom stereocenters. The van der Waals surface area contributed by atoms with Gasteiger partial charge in [-0.2, -0.15) is 0 Å². The van der Waals surface area contributed by atoms with Crippen molar-refractivity contribution in [3.63, 3.8) is 0 Å². The lowest BCUT2D eigenvalue weighted by Gasteiger charge is -2.14. The van der Waals surface area contributed by atoms with E-state index in [0.29, 0.717) is 17.9 Å². The topological polar surface area (TPSA) is 55.4 Å². The van der Waals surface area contributed by atoms with E-state index < -0.39 is 28.8 Å². The molecule has 8 heteroatoms. The molecule has 2 aromatic carbocycles. The highest BCUT2D eigenvalue weighted by Gasteiger charge is 2.19. The number of amides is 1. The lowest BCUT2D eigenvalue weighted by molar-refractivity contribution is -0.142. The molecule has 0 bridgehead atoms. The molecule has 0 fully saturated rings. The highest BCUT2D eigenvalue weighted by atomic mass is 35.5. The molecule has 0 aliphatic carbocycles. The van der Waals surface area contributed by atoms with Crippen LogP contribution in [0.5, 0.6) is 0 Å². The van der Waals surface area contributed by atoms with Crippen LogP contribution in [0, 0.1) is 11.6 Å². The predicted molar refractivity (Wildman–Crippen MR) is 102 cm³/mol. The predicted octanol–water partition coefficient (Wildman–Crippen LogP) is 5.30. The first-order chi connectivity index (χ1) is 12.8. The molecule has 2 aromatic rings. The van der Waals surface area contributed by atoms with Gasteiger partial charge in [-0.05, 0) is 43.7 Å². The maximum Gasteiger partial charge on any atom is 0.319 e. The second kappa shape index (κ2) is 9.71. The van der Waals surface area contributed by atoms with Crippen molar-refractivity contribution >= 4 is 40.9 Å². The minimum Gasteiger partial charge on any atom is -0.465 e. The minimum atomic E-state index is -0.740. The summed E-state index contributed by atoms with van der Waals surface area (Å²) in [6.07, 6.45) is 0.705. The van der Waals surface area contributed by atoms with Crippen molar-refractivity contribution in [2.45, 2.75) is 30.4 Å². The average molecular weight is 414 g/mol. The quantitative estimate of drug-likeness (QED) is 0.494. The summed E-state index contributed by atoms with van der Waals surface area (Å²) in [7, 11) is 0. The number of carbonyl (C=O) groups is 2. The van der Waals surface area contributed by atoms with Gasteiger partial charge in [-0.15, -0.1) is 11.8 Å². The van der Waals surface area contributed by atoms with Gasteiger partial charge in [0.15, 0.2) is 0 Å². The molecule has 1 N–H and O–H groups in total. The maximum atomic E-state index is 14.2. The molecule has 27 heavy (non-hydrogen) atoms. The Kier molecular flexibility index (Phi) is 7.62. The number of ether oxygens (including phenoxy) is 1. The molecule has 0 aliphatic heterocycles. The molecule has 2 rings (SSSR count). The lowest BCUT2D eigenvalue weighted by atomic mass is 10.2.